The Morgan fingerprint density at radius 2 is 1.89 bits per heavy atom. The van der Waals surface area contributed by atoms with Gasteiger partial charge in [0.05, 0.1) is 17.8 Å². The molecule has 18 heavy (non-hydrogen) atoms. The minimum absolute atomic E-state index is 0.287. The minimum atomic E-state index is -0.495. The number of hydrogen-bond donors (Lipinski definition) is 0. The molecule has 1 aliphatic heterocycles. The fourth-order valence-corrected chi connectivity index (χ4v) is 2.13. The molecule has 0 unspecified atom stereocenters. The highest BCUT2D eigenvalue weighted by Crippen LogP contribution is 2.30. The van der Waals surface area contributed by atoms with Crippen LogP contribution in [0.25, 0.3) is 0 Å². The smallest absolute Gasteiger partial charge is 0.299 e. The number of amides is 1. The highest BCUT2D eigenvalue weighted by Gasteiger charge is 2.35. The predicted octanol–water partition coefficient (Wildman–Crippen LogP) is 2.32. The van der Waals surface area contributed by atoms with E-state index >= 15 is 0 Å². The van der Waals surface area contributed by atoms with Crippen LogP contribution in [0.2, 0.25) is 0 Å². The van der Waals surface area contributed by atoms with Crippen molar-refractivity contribution in [1.29, 1.82) is 0 Å². The first-order valence-corrected chi connectivity index (χ1v) is 5.67. The Morgan fingerprint density at radius 1 is 1.11 bits per heavy atom. The first-order valence-electron chi connectivity index (χ1n) is 5.67. The lowest BCUT2D eigenvalue weighted by Crippen LogP contribution is -2.28. The highest BCUT2D eigenvalue weighted by atomic mass is 16.3. The van der Waals surface area contributed by atoms with E-state index in [0.29, 0.717) is 17.0 Å². The summed E-state index contributed by atoms with van der Waals surface area (Å²) in [6.07, 6.45) is 0. The molecule has 1 aromatic heterocycles. The lowest BCUT2D eigenvalue weighted by atomic mass is 10.1. The SMILES string of the molecule is Cc1ccc(CN2C(=O)C(=O)c3ccccc32)o1. The fraction of sp³-hybridized carbons (Fsp3) is 0.143. The van der Waals surface area contributed by atoms with Crippen LogP contribution in [-0.4, -0.2) is 11.7 Å². The summed E-state index contributed by atoms with van der Waals surface area (Å²) in [6.45, 7) is 2.13. The van der Waals surface area contributed by atoms with Crippen molar-refractivity contribution in [2.45, 2.75) is 13.5 Å². The number of Topliss-reactive ketones (excluding diaryl/α,β-unsaturated/α-hetero) is 1. The van der Waals surface area contributed by atoms with Gasteiger partial charge in [0.15, 0.2) is 0 Å². The number of benzene rings is 1. The van der Waals surface area contributed by atoms with Gasteiger partial charge in [-0.05, 0) is 31.2 Å². The van der Waals surface area contributed by atoms with E-state index < -0.39 is 11.7 Å². The van der Waals surface area contributed by atoms with Crippen LogP contribution < -0.4 is 4.90 Å². The number of ketones is 1. The molecule has 90 valence electrons. The summed E-state index contributed by atoms with van der Waals surface area (Å²) in [6, 6.07) is 10.7. The van der Waals surface area contributed by atoms with E-state index in [2.05, 4.69) is 0 Å². The highest BCUT2D eigenvalue weighted by molar-refractivity contribution is 6.52. The number of hydrogen-bond acceptors (Lipinski definition) is 3. The van der Waals surface area contributed by atoms with Gasteiger partial charge in [-0.1, -0.05) is 12.1 Å². The molecule has 3 rings (SSSR count). The molecule has 0 fully saturated rings. The molecule has 0 saturated heterocycles. The van der Waals surface area contributed by atoms with E-state index in [9.17, 15) is 9.59 Å². The topological polar surface area (TPSA) is 50.5 Å². The van der Waals surface area contributed by atoms with Crippen molar-refractivity contribution in [1.82, 2.24) is 0 Å². The molecule has 1 aliphatic rings. The van der Waals surface area contributed by atoms with Crippen LogP contribution in [0.4, 0.5) is 5.69 Å². The average molecular weight is 241 g/mol. The standard InChI is InChI=1S/C14H11NO3/c1-9-6-7-10(18-9)8-15-12-5-3-2-4-11(12)13(16)14(15)17/h2-7H,8H2,1H3. The molecule has 0 spiro atoms. The van der Waals surface area contributed by atoms with Gasteiger partial charge < -0.3 is 4.42 Å². The number of aryl methyl sites for hydroxylation is 1. The van der Waals surface area contributed by atoms with Gasteiger partial charge in [0, 0.05) is 0 Å². The van der Waals surface area contributed by atoms with Crippen LogP contribution in [0, 0.1) is 6.92 Å². The van der Waals surface area contributed by atoms with Gasteiger partial charge in [0.25, 0.3) is 11.7 Å². The number of anilines is 1. The summed E-state index contributed by atoms with van der Waals surface area (Å²) >= 11 is 0. The lowest BCUT2D eigenvalue weighted by Gasteiger charge is -2.14. The maximum absolute atomic E-state index is 11.9. The summed E-state index contributed by atoms with van der Waals surface area (Å²) in [5, 5.41) is 0. The van der Waals surface area contributed by atoms with Gasteiger partial charge in [0.2, 0.25) is 0 Å². The van der Waals surface area contributed by atoms with Crippen LogP contribution >= 0.6 is 0 Å². The predicted molar refractivity (Wildman–Crippen MR) is 65.4 cm³/mol. The van der Waals surface area contributed by atoms with Crippen LogP contribution in [0.15, 0.2) is 40.8 Å². The van der Waals surface area contributed by atoms with Crippen molar-refractivity contribution in [3.63, 3.8) is 0 Å². The molecule has 0 bridgehead atoms. The molecule has 0 radical (unpaired) electrons. The Morgan fingerprint density at radius 3 is 2.61 bits per heavy atom. The number of para-hydroxylation sites is 1. The minimum Gasteiger partial charge on any atom is -0.464 e. The van der Waals surface area contributed by atoms with Crippen molar-refractivity contribution >= 4 is 17.4 Å². The molecule has 4 nitrogen and oxygen atoms in total. The summed E-state index contributed by atoms with van der Waals surface area (Å²) in [7, 11) is 0. The summed E-state index contributed by atoms with van der Waals surface area (Å²) in [4.78, 5) is 25.1. The zero-order chi connectivity index (χ0) is 12.7. The maximum atomic E-state index is 11.9. The molecule has 0 saturated carbocycles. The zero-order valence-electron chi connectivity index (χ0n) is 9.84. The number of carbonyl (C=O) groups excluding carboxylic acids is 2. The normalized spacial score (nSPS) is 14.2. The molecule has 0 N–H and O–H groups in total. The van der Waals surface area contributed by atoms with E-state index in [1.54, 1.807) is 18.2 Å². The Hall–Kier alpha value is -2.36. The largest absolute Gasteiger partial charge is 0.464 e. The summed E-state index contributed by atoms with van der Waals surface area (Å²) in [5.74, 6) is 0.515. The monoisotopic (exact) mass is 241 g/mol. The Balaban J connectivity index is 1.98. The molecular formula is C14H11NO3. The van der Waals surface area contributed by atoms with Gasteiger partial charge in [-0.25, -0.2) is 0 Å². The third kappa shape index (κ3) is 1.54. The van der Waals surface area contributed by atoms with E-state index in [1.807, 2.05) is 25.1 Å². The molecule has 0 aliphatic carbocycles. The second kappa shape index (κ2) is 3.84. The Kier molecular flexibility index (Phi) is 2.30. The van der Waals surface area contributed by atoms with Crippen molar-refractivity contribution in [2.24, 2.45) is 0 Å². The van der Waals surface area contributed by atoms with E-state index in [1.165, 1.54) is 4.90 Å². The fourth-order valence-electron chi connectivity index (χ4n) is 2.13. The van der Waals surface area contributed by atoms with Crippen LogP contribution in [0.3, 0.4) is 0 Å². The van der Waals surface area contributed by atoms with Gasteiger partial charge >= 0.3 is 0 Å². The first-order chi connectivity index (χ1) is 8.66. The quantitative estimate of drug-likeness (QED) is 0.758. The number of nitrogens with zero attached hydrogens (tertiary/aromatic N) is 1. The third-order valence-corrected chi connectivity index (χ3v) is 2.99. The average Bonchev–Trinajstić information content (AvgIpc) is 2.88. The van der Waals surface area contributed by atoms with Gasteiger partial charge in [-0.2, -0.15) is 0 Å². The second-order valence-corrected chi connectivity index (χ2v) is 4.25. The van der Waals surface area contributed by atoms with Crippen molar-refractivity contribution in [2.75, 3.05) is 4.90 Å². The van der Waals surface area contributed by atoms with E-state index in [4.69, 9.17) is 4.42 Å². The number of rotatable bonds is 2. The number of fused-ring (bicyclic) bond motifs is 1. The van der Waals surface area contributed by atoms with Crippen LogP contribution in [0.5, 0.6) is 0 Å². The zero-order valence-corrected chi connectivity index (χ0v) is 9.84. The van der Waals surface area contributed by atoms with Crippen molar-refractivity contribution in [3.05, 3.63) is 53.5 Å². The molecule has 2 aromatic rings. The molecule has 0 atom stereocenters. The lowest BCUT2D eigenvalue weighted by molar-refractivity contribution is -0.114. The van der Waals surface area contributed by atoms with Crippen molar-refractivity contribution in [3.8, 4) is 0 Å². The molecule has 1 aromatic carbocycles. The van der Waals surface area contributed by atoms with Gasteiger partial charge in [-0.15, -0.1) is 0 Å². The van der Waals surface area contributed by atoms with Crippen LogP contribution in [-0.2, 0) is 11.3 Å². The maximum Gasteiger partial charge on any atom is 0.299 e. The summed E-state index contributed by atoms with van der Waals surface area (Å²) < 4.78 is 5.44. The third-order valence-electron chi connectivity index (χ3n) is 2.99. The second-order valence-electron chi connectivity index (χ2n) is 4.25. The summed E-state index contributed by atoms with van der Waals surface area (Å²) in [5.41, 5.74) is 1.12. The molecule has 1 amide bonds. The Labute approximate surface area is 104 Å². The van der Waals surface area contributed by atoms with Crippen molar-refractivity contribution < 1.29 is 14.0 Å². The molecular weight excluding hydrogens is 230 g/mol. The number of carbonyl (C=O) groups is 2. The van der Waals surface area contributed by atoms with Gasteiger partial charge in [-0.3, -0.25) is 14.5 Å². The van der Waals surface area contributed by atoms with Gasteiger partial charge in [0.1, 0.15) is 11.5 Å². The van der Waals surface area contributed by atoms with Crippen LogP contribution in [0.1, 0.15) is 21.9 Å². The molecule has 2 heterocycles. The van der Waals surface area contributed by atoms with E-state index in [-0.39, 0.29) is 6.54 Å². The van der Waals surface area contributed by atoms with E-state index in [0.717, 1.165) is 5.76 Å². The first kappa shape index (κ1) is 10.8. The molecule has 4 heteroatoms. The number of furan rings is 1. The Bertz CT molecular complexity index is 642.